The van der Waals surface area contributed by atoms with E-state index in [2.05, 4.69) is 30.2 Å². The van der Waals surface area contributed by atoms with Crippen LogP contribution in [0.1, 0.15) is 16.7 Å². The van der Waals surface area contributed by atoms with Gasteiger partial charge < -0.3 is 4.74 Å². The molecule has 0 radical (unpaired) electrons. The molecule has 0 N–H and O–H groups in total. The molecule has 4 nitrogen and oxygen atoms in total. The van der Waals surface area contributed by atoms with Crippen molar-refractivity contribution in [3.63, 3.8) is 0 Å². The van der Waals surface area contributed by atoms with Crippen LogP contribution in [0, 0.1) is 25.2 Å². The summed E-state index contributed by atoms with van der Waals surface area (Å²) >= 11 is 0. The van der Waals surface area contributed by atoms with E-state index in [1.165, 1.54) is 4.31 Å². The van der Waals surface area contributed by atoms with Gasteiger partial charge in [-0.2, -0.15) is 0 Å². The molecule has 1 unspecified atom stereocenters. The van der Waals surface area contributed by atoms with Gasteiger partial charge in [-0.05, 0) is 49.1 Å². The van der Waals surface area contributed by atoms with E-state index >= 15 is 0 Å². The maximum absolute atomic E-state index is 13.3. The van der Waals surface area contributed by atoms with Crippen LogP contribution in [0.15, 0.2) is 102 Å². The third kappa shape index (κ3) is 5.25. The lowest BCUT2D eigenvalue weighted by Crippen LogP contribution is -2.40. The zero-order chi connectivity index (χ0) is 24.0. The normalized spacial score (nSPS) is 18.4. The average molecular weight is 472 g/mol. The Kier molecular flexibility index (Phi) is 7.21. The molecule has 1 heterocycles. The first-order chi connectivity index (χ1) is 16.4. The lowest BCUT2D eigenvalue weighted by molar-refractivity contribution is -0.00384. The topological polar surface area (TPSA) is 46.6 Å². The van der Waals surface area contributed by atoms with E-state index in [-0.39, 0.29) is 24.0 Å². The molecule has 0 saturated heterocycles. The molecule has 5 heteroatoms. The summed E-state index contributed by atoms with van der Waals surface area (Å²) in [4.78, 5) is 0.251. The largest absolute Gasteiger partial charge is 0.357 e. The van der Waals surface area contributed by atoms with Crippen LogP contribution in [-0.4, -0.2) is 31.5 Å². The zero-order valence-electron chi connectivity index (χ0n) is 19.3. The van der Waals surface area contributed by atoms with Gasteiger partial charge in [-0.15, -0.1) is 6.42 Å². The van der Waals surface area contributed by atoms with Crippen molar-refractivity contribution >= 4 is 10.0 Å². The summed E-state index contributed by atoms with van der Waals surface area (Å²) in [6.07, 6.45) is 10.9. The molecule has 0 spiro atoms. The van der Waals surface area contributed by atoms with Gasteiger partial charge in [0, 0.05) is 12.1 Å². The number of benzene rings is 3. The highest BCUT2D eigenvalue weighted by Gasteiger charge is 2.38. The Morgan fingerprint density at radius 2 is 1.50 bits per heavy atom. The predicted octanol–water partition coefficient (Wildman–Crippen LogP) is 5.00. The van der Waals surface area contributed by atoms with Gasteiger partial charge >= 0.3 is 0 Å². The number of hydrogen-bond donors (Lipinski definition) is 0. The van der Waals surface area contributed by atoms with Gasteiger partial charge in [0.05, 0.1) is 18.0 Å². The molecular formula is C29H29NO3S. The molecule has 0 bridgehead atoms. The van der Waals surface area contributed by atoms with Crippen molar-refractivity contribution in [2.24, 2.45) is 5.92 Å². The van der Waals surface area contributed by atoms with Crippen LogP contribution < -0.4 is 0 Å². The minimum atomic E-state index is -3.71. The quantitative estimate of drug-likeness (QED) is 0.456. The van der Waals surface area contributed by atoms with Crippen molar-refractivity contribution in [2.45, 2.75) is 30.3 Å². The highest BCUT2D eigenvalue weighted by atomic mass is 32.2. The Bertz CT molecular complexity index is 1220. The fraction of sp³-hybridized carbons (Fsp3) is 0.241. The summed E-state index contributed by atoms with van der Waals surface area (Å²) in [5.41, 5.74) is 2.28. The van der Waals surface area contributed by atoms with E-state index < -0.39 is 15.6 Å². The first-order valence-corrected chi connectivity index (χ1v) is 12.8. The molecule has 34 heavy (non-hydrogen) atoms. The molecule has 1 atom stereocenters. The van der Waals surface area contributed by atoms with Crippen LogP contribution in [0.5, 0.6) is 0 Å². The van der Waals surface area contributed by atoms with Crippen LogP contribution in [0.25, 0.3) is 0 Å². The highest BCUT2D eigenvalue weighted by molar-refractivity contribution is 7.89. The Labute approximate surface area is 202 Å². The molecule has 3 aromatic rings. The number of terminal acetylenes is 1. The molecule has 1 aliphatic rings. The predicted molar refractivity (Wildman–Crippen MR) is 136 cm³/mol. The molecule has 174 valence electrons. The summed E-state index contributed by atoms with van der Waals surface area (Å²) in [7, 11) is -3.71. The van der Waals surface area contributed by atoms with Crippen LogP contribution in [0.2, 0.25) is 0 Å². The molecule has 4 rings (SSSR count). The van der Waals surface area contributed by atoms with E-state index in [4.69, 9.17) is 11.2 Å². The van der Waals surface area contributed by atoms with Crippen molar-refractivity contribution in [2.75, 3.05) is 13.2 Å². The van der Waals surface area contributed by atoms with Crippen LogP contribution in [0.4, 0.5) is 0 Å². The standard InChI is InChI=1S/C29H29NO3S/c1-3-29(27(22-25-10-6-4-7-11-25)23-26-12-8-5-9-13-26)18-19-30(20-21-33-29)34(31,32)28-16-14-24(2)15-17-28/h1,4-19,27H,20-23H2,2H3. The van der Waals surface area contributed by atoms with Gasteiger partial charge in [-0.3, -0.25) is 4.31 Å². The maximum Gasteiger partial charge on any atom is 0.263 e. The second kappa shape index (κ2) is 10.3. The number of ether oxygens (including phenoxy) is 1. The Morgan fingerprint density at radius 3 is 2.03 bits per heavy atom. The second-order valence-electron chi connectivity index (χ2n) is 8.61. The van der Waals surface area contributed by atoms with Gasteiger partial charge in [0.15, 0.2) is 5.60 Å². The van der Waals surface area contributed by atoms with E-state index in [1.807, 2.05) is 43.3 Å². The molecule has 1 aliphatic heterocycles. The third-order valence-electron chi connectivity index (χ3n) is 6.25. The van der Waals surface area contributed by atoms with Crippen LogP contribution in [0.3, 0.4) is 0 Å². The molecule has 3 aromatic carbocycles. The number of nitrogens with zero attached hydrogens (tertiary/aromatic N) is 1. The summed E-state index contributed by atoms with van der Waals surface area (Å²) in [6.45, 7) is 2.32. The van der Waals surface area contributed by atoms with Gasteiger partial charge in [0.1, 0.15) is 0 Å². The van der Waals surface area contributed by atoms with E-state index in [1.54, 1.807) is 36.5 Å². The van der Waals surface area contributed by atoms with E-state index in [0.717, 1.165) is 16.7 Å². The Balaban J connectivity index is 1.67. The summed E-state index contributed by atoms with van der Waals surface area (Å²) in [5.74, 6) is 2.80. The van der Waals surface area contributed by atoms with Crippen molar-refractivity contribution in [3.05, 3.63) is 114 Å². The van der Waals surface area contributed by atoms with Gasteiger partial charge in [0.2, 0.25) is 0 Å². The van der Waals surface area contributed by atoms with Crippen molar-refractivity contribution in [3.8, 4) is 12.3 Å². The fourth-order valence-electron chi connectivity index (χ4n) is 4.30. The minimum Gasteiger partial charge on any atom is -0.357 e. The third-order valence-corrected chi connectivity index (χ3v) is 8.04. The van der Waals surface area contributed by atoms with Gasteiger partial charge in [-0.25, -0.2) is 8.42 Å². The summed E-state index contributed by atoms with van der Waals surface area (Å²) in [5, 5.41) is 0. The SMILES string of the molecule is C#CC1(C(Cc2ccccc2)Cc2ccccc2)C=CN(S(=O)(=O)c2ccc(C)cc2)CCO1. The molecule has 0 saturated carbocycles. The van der Waals surface area contributed by atoms with Gasteiger partial charge in [-0.1, -0.05) is 84.3 Å². The monoisotopic (exact) mass is 471 g/mol. The van der Waals surface area contributed by atoms with E-state index in [9.17, 15) is 8.42 Å². The maximum atomic E-state index is 13.3. The van der Waals surface area contributed by atoms with Crippen LogP contribution in [-0.2, 0) is 27.6 Å². The molecule has 0 fully saturated rings. The minimum absolute atomic E-state index is 0.0828. The lowest BCUT2D eigenvalue weighted by Gasteiger charge is -2.33. The zero-order valence-corrected chi connectivity index (χ0v) is 20.1. The number of hydrogen-bond acceptors (Lipinski definition) is 3. The molecule has 0 amide bonds. The first kappa shape index (κ1) is 23.8. The van der Waals surface area contributed by atoms with Crippen molar-refractivity contribution in [1.82, 2.24) is 4.31 Å². The summed E-state index contributed by atoms with van der Waals surface area (Å²) in [6, 6.07) is 27.2. The highest BCUT2D eigenvalue weighted by Crippen LogP contribution is 2.33. The second-order valence-corrected chi connectivity index (χ2v) is 10.5. The lowest BCUT2D eigenvalue weighted by atomic mass is 9.79. The fourth-order valence-corrected chi connectivity index (χ4v) is 5.59. The molecule has 0 aliphatic carbocycles. The number of rotatable bonds is 7. The smallest absolute Gasteiger partial charge is 0.263 e. The number of aryl methyl sites for hydroxylation is 1. The van der Waals surface area contributed by atoms with Crippen molar-refractivity contribution in [1.29, 1.82) is 0 Å². The Morgan fingerprint density at radius 1 is 0.941 bits per heavy atom. The van der Waals surface area contributed by atoms with E-state index in [0.29, 0.717) is 12.8 Å². The molecular weight excluding hydrogens is 442 g/mol. The average Bonchev–Trinajstić information content (AvgIpc) is 3.09. The van der Waals surface area contributed by atoms with Gasteiger partial charge in [0.25, 0.3) is 10.0 Å². The van der Waals surface area contributed by atoms with Crippen molar-refractivity contribution < 1.29 is 13.2 Å². The first-order valence-electron chi connectivity index (χ1n) is 11.4. The van der Waals surface area contributed by atoms with Crippen LogP contribution >= 0.6 is 0 Å². The number of sulfonamides is 1. The summed E-state index contributed by atoms with van der Waals surface area (Å²) < 4.78 is 34.2. The molecule has 0 aromatic heterocycles. The Hall–Kier alpha value is -3.33.